The first-order chi connectivity index (χ1) is 16.0. The van der Waals surface area contributed by atoms with E-state index in [0.717, 1.165) is 50.9 Å². The molecule has 1 saturated heterocycles. The Hall–Kier alpha value is -3.51. The third kappa shape index (κ3) is 4.14. The zero-order chi connectivity index (χ0) is 22.9. The third-order valence-corrected chi connectivity index (χ3v) is 6.83. The lowest BCUT2D eigenvalue weighted by molar-refractivity contribution is 0.315. The van der Waals surface area contributed by atoms with Gasteiger partial charge in [0.05, 0.1) is 11.9 Å². The van der Waals surface area contributed by atoms with Crippen molar-refractivity contribution in [3.8, 4) is 6.07 Å². The minimum Gasteiger partial charge on any atom is -0.369 e. The Labute approximate surface area is 192 Å². The highest BCUT2D eigenvalue weighted by Crippen LogP contribution is 2.31. The molecular weight excluding hydrogens is 416 g/mol. The van der Waals surface area contributed by atoms with E-state index in [0.29, 0.717) is 28.8 Å². The summed E-state index contributed by atoms with van der Waals surface area (Å²) in [6.07, 6.45) is 8.68. The smallest absolute Gasteiger partial charge is 0.270 e. The highest BCUT2D eigenvalue weighted by molar-refractivity contribution is 5.77. The zero-order valence-electron chi connectivity index (χ0n) is 19.0. The van der Waals surface area contributed by atoms with Crippen molar-refractivity contribution in [3.63, 3.8) is 0 Å². The molecule has 4 heterocycles. The van der Waals surface area contributed by atoms with E-state index in [4.69, 9.17) is 0 Å². The lowest BCUT2D eigenvalue weighted by Gasteiger charge is -2.21. The van der Waals surface area contributed by atoms with Gasteiger partial charge in [0.15, 0.2) is 0 Å². The molecule has 2 fully saturated rings. The summed E-state index contributed by atoms with van der Waals surface area (Å²) in [5, 5.41) is 13.3. The summed E-state index contributed by atoms with van der Waals surface area (Å²) in [4.78, 5) is 31.2. The molecule has 0 aromatic carbocycles. The Balaban J connectivity index is 1.41. The zero-order valence-corrected chi connectivity index (χ0v) is 19.0. The quantitative estimate of drug-likeness (QED) is 0.641. The molecule has 0 unspecified atom stereocenters. The maximum absolute atomic E-state index is 12.9. The SMILES string of the molecule is CN(C)[C@H]1CCN(c2ccc(Nc3ncc4cc(C#N)c(=O)n(C5CCCC5)c4n3)nc2)C1. The fourth-order valence-corrected chi connectivity index (χ4v) is 4.92. The van der Waals surface area contributed by atoms with Crippen LogP contribution in [0, 0.1) is 11.3 Å². The monoisotopic (exact) mass is 444 g/mol. The van der Waals surface area contributed by atoms with Gasteiger partial charge in [-0.15, -0.1) is 0 Å². The van der Waals surface area contributed by atoms with Crippen molar-refractivity contribution >= 4 is 28.5 Å². The lowest BCUT2D eigenvalue weighted by atomic mass is 10.2. The van der Waals surface area contributed by atoms with Crippen molar-refractivity contribution in [1.82, 2.24) is 24.4 Å². The van der Waals surface area contributed by atoms with E-state index >= 15 is 0 Å². The molecule has 2 aliphatic rings. The van der Waals surface area contributed by atoms with Gasteiger partial charge in [-0.2, -0.15) is 10.2 Å². The Morgan fingerprint density at radius 2 is 1.97 bits per heavy atom. The van der Waals surface area contributed by atoms with Gasteiger partial charge in [-0.3, -0.25) is 9.36 Å². The number of anilines is 3. The van der Waals surface area contributed by atoms with Gasteiger partial charge in [-0.1, -0.05) is 12.8 Å². The standard InChI is InChI=1S/C24H28N8O/c1-30(2)20-9-10-31(15-20)19-7-8-21(26-14-19)28-24-27-13-17-11-16(12-25)23(33)32(22(17)29-24)18-5-3-4-6-18/h7-8,11,13-14,18,20H,3-6,9-10,15H2,1-2H3,(H,26,27,28,29)/t20-/m0/s1. The van der Waals surface area contributed by atoms with E-state index in [-0.39, 0.29) is 17.2 Å². The third-order valence-electron chi connectivity index (χ3n) is 6.83. The van der Waals surface area contributed by atoms with Gasteiger partial charge in [-0.05, 0) is 51.6 Å². The van der Waals surface area contributed by atoms with Crippen molar-refractivity contribution < 1.29 is 0 Å². The molecule has 0 amide bonds. The second kappa shape index (κ2) is 8.79. The van der Waals surface area contributed by atoms with Crippen LogP contribution < -0.4 is 15.8 Å². The summed E-state index contributed by atoms with van der Waals surface area (Å²) in [6, 6.07) is 8.22. The maximum atomic E-state index is 12.9. The first-order valence-corrected chi connectivity index (χ1v) is 11.5. The fourth-order valence-electron chi connectivity index (χ4n) is 4.92. The van der Waals surface area contributed by atoms with E-state index < -0.39 is 0 Å². The second-order valence-electron chi connectivity index (χ2n) is 9.13. The molecule has 1 aliphatic heterocycles. The van der Waals surface area contributed by atoms with E-state index in [1.165, 1.54) is 0 Å². The molecular formula is C24H28N8O. The van der Waals surface area contributed by atoms with Crippen molar-refractivity contribution in [2.45, 2.75) is 44.2 Å². The van der Waals surface area contributed by atoms with Crippen LogP contribution in [0.4, 0.5) is 17.5 Å². The molecule has 1 aliphatic carbocycles. The number of aromatic nitrogens is 4. The number of rotatable bonds is 5. The predicted octanol–water partition coefficient (Wildman–Crippen LogP) is 3.06. The van der Waals surface area contributed by atoms with Crippen molar-refractivity contribution in [2.75, 3.05) is 37.4 Å². The number of hydrogen-bond acceptors (Lipinski definition) is 8. The topological polar surface area (TPSA) is 103 Å². The number of nitrogens with zero attached hydrogens (tertiary/aromatic N) is 7. The van der Waals surface area contributed by atoms with Crippen molar-refractivity contribution in [1.29, 1.82) is 5.26 Å². The first-order valence-electron chi connectivity index (χ1n) is 11.5. The Morgan fingerprint density at radius 3 is 2.64 bits per heavy atom. The molecule has 1 atom stereocenters. The van der Waals surface area contributed by atoms with Crippen LogP contribution in [0.3, 0.4) is 0 Å². The van der Waals surface area contributed by atoms with Gasteiger partial charge >= 0.3 is 0 Å². The number of fused-ring (bicyclic) bond motifs is 1. The molecule has 0 radical (unpaired) electrons. The van der Waals surface area contributed by atoms with Gasteiger partial charge in [0.1, 0.15) is 23.1 Å². The average molecular weight is 445 g/mol. The second-order valence-corrected chi connectivity index (χ2v) is 9.13. The van der Waals surface area contributed by atoms with Crippen LogP contribution in [-0.4, -0.2) is 57.6 Å². The molecule has 0 bridgehead atoms. The molecule has 3 aromatic rings. The fraction of sp³-hybridized carbons (Fsp3) is 0.458. The number of pyridine rings is 2. The van der Waals surface area contributed by atoms with Crippen molar-refractivity contribution in [3.05, 3.63) is 46.5 Å². The minimum absolute atomic E-state index is 0.0694. The highest BCUT2D eigenvalue weighted by atomic mass is 16.1. The van der Waals surface area contributed by atoms with Gasteiger partial charge in [-0.25, -0.2) is 9.97 Å². The molecule has 170 valence electrons. The molecule has 9 nitrogen and oxygen atoms in total. The van der Waals surface area contributed by atoms with Gasteiger partial charge < -0.3 is 15.1 Å². The summed E-state index contributed by atoms with van der Waals surface area (Å²) in [5.41, 5.74) is 1.52. The highest BCUT2D eigenvalue weighted by Gasteiger charge is 2.25. The summed E-state index contributed by atoms with van der Waals surface area (Å²) in [6.45, 7) is 2.02. The molecule has 9 heteroatoms. The van der Waals surface area contributed by atoms with Gasteiger partial charge in [0.25, 0.3) is 5.56 Å². The summed E-state index contributed by atoms with van der Waals surface area (Å²) < 4.78 is 1.69. The summed E-state index contributed by atoms with van der Waals surface area (Å²) in [7, 11) is 4.24. The van der Waals surface area contributed by atoms with Crippen LogP contribution in [0.1, 0.15) is 43.7 Å². The molecule has 3 aromatic heterocycles. The largest absolute Gasteiger partial charge is 0.369 e. The van der Waals surface area contributed by atoms with Crippen LogP contribution >= 0.6 is 0 Å². The number of hydrogen-bond donors (Lipinski definition) is 1. The minimum atomic E-state index is -0.273. The number of nitrogens with one attached hydrogen (secondary N) is 1. The van der Waals surface area contributed by atoms with Crippen LogP contribution in [0.5, 0.6) is 0 Å². The van der Waals surface area contributed by atoms with E-state index in [2.05, 4.69) is 50.2 Å². The van der Waals surface area contributed by atoms with Crippen LogP contribution in [0.25, 0.3) is 11.0 Å². The van der Waals surface area contributed by atoms with E-state index in [9.17, 15) is 10.1 Å². The Morgan fingerprint density at radius 1 is 1.15 bits per heavy atom. The molecule has 1 N–H and O–H groups in total. The van der Waals surface area contributed by atoms with Crippen LogP contribution in [0.2, 0.25) is 0 Å². The molecule has 5 rings (SSSR count). The number of nitriles is 1. The van der Waals surface area contributed by atoms with E-state index in [1.54, 1.807) is 16.8 Å². The molecule has 33 heavy (non-hydrogen) atoms. The van der Waals surface area contributed by atoms with E-state index in [1.807, 2.05) is 18.3 Å². The summed E-state index contributed by atoms with van der Waals surface area (Å²) >= 11 is 0. The van der Waals surface area contributed by atoms with Crippen LogP contribution in [0.15, 0.2) is 35.4 Å². The first kappa shape index (κ1) is 21.3. The Kier molecular flexibility index (Phi) is 5.68. The maximum Gasteiger partial charge on any atom is 0.270 e. The molecule has 0 spiro atoms. The van der Waals surface area contributed by atoms with Gasteiger partial charge in [0, 0.05) is 36.8 Å². The Bertz CT molecular complexity index is 1250. The van der Waals surface area contributed by atoms with Gasteiger partial charge in [0.2, 0.25) is 5.95 Å². The normalized spacial score (nSPS) is 18.8. The number of likely N-dealkylation sites (N-methyl/N-ethyl adjacent to an activating group) is 1. The predicted molar refractivity (Wildman–Crippen MR) is 128 cm³/mol. The lowest BCUT2D eigenvalue weighted by Crippen LogP contribution is -2.31. The molecule has 1 saturated carbocycles. The van der Waals surface area contributed by atoms with Crippen LogP contribution in [-0.2, 0) is 0 Å². The average Bonchev–Trinajstić information content (AvgIpc) is 3.52. The summed E-state index contributed by atoms with van der Waals surface area (Å²) in [5.74, 6) is 1.03. The van der Waals surface area contributed by atoms with Crippen molar-refractivity contribution in [2.24, 2.45) is 0 Å².